The first-order chi connectivity index (χ1) is 8.70. The van der Waals surface area contributed by atoms with E-state index < -0.39 is 0 Å². The second-order valence-electron chi connectivity index (χ2n) is 5.03. The van der Waals surface area contributed by atoms with Crippen LogP contribution < -0.4 is 10.1 Å². The number of methoxy groups -OCH3 is 1. The zero-order chi connectivity index (χ0) is 13.0. The highest BCUT2D eigenvalue weighted by Gasteiger charge is 2.24. The van der Waals surface area contributed by atoms with E-state index >= 15 is 0 Å². The average Bonchev–Trinajstić information content (AvgIpc) is 2.81. The van der Waals surface area contributed by atoms with E-state index in [9.17, 15) is 0 Å². The van der Waals surface area contributed by atoms with Crippen LogP contribution in [0.2, 0.25) is 0 Å². The standard InChI is InChI=1S/C15H23NO2/c1-11(13-4-6-15(17-3)7-5-13)16-10-14-8-9-18-12(14)2/h4-7,11-12,14,16H,8-10H2,1-3H3. The molecular weight excluding hydrogens is 226 g/mol. The van der Waals surface area contributed by atoms with Gasteiger partial charge in [0, 0.05) is 19.2 Å². The van der Waals surface area contributed by atoms with Crippen molar-refractivity contribution in [3.63, 3.8) is 0 Å². The molecule has 1 aromatic rings. The summed E-state index contributed by atoms with van der Waals surface area (Å²) < 4.78 is 10.7. The van der Waals surface area contributed by atoms with E-state index in [-0.39, 0.29) is 0 Å². The molecule has 100 valence electrons. The molecule has 0 spiro atoms. The highest BCUT2D eigenvalue weighted by molar-refractivity contribution is 5.28. The van der Waals surface area contributed by atoms with Gasteiger partial charge in [-0.2, -0.15) is 0 Å². The van der Waals surface area contributed by atoms with Gasteiger partial charge in [0.05, 0.1) is 13.2 Å². The number of hydrogen-bond donors (Lipinski definition) is 1. The van der Waals surface area contributed by atoms with E-state index in [2.05, 4.69) is 31.3 Å². The molecule has 0 amide bonds. The molecule has 1 N–H and O–H groups in total. The van der Waals surface area contributed by atoms with Gasteiger partial charge in [0.1, 0.15) is 5.75 Å². The minimum Gasteiger partial charge on any atom is -0.497 e. The quantitative estimate of drug-likeness (QED) is 0.870. The topological polar surface area (TPSA) is 30.5 Å². The van der Waals surface area contributed by atoms with Crippen molar-refractivity contribution in [1.82, 2.24) is 5.32 Å². The monoisotopic (exact) mass is 249 g/mol. The van der Waals surface area contributed by atoms with Crippen molar-refractivity contribution in [3.8, 4) is 5.75 Å². The summed E-state index contributed by atoms with van der Waals surface area (Å²) in [6.07, 6.45) is 1.56. The Labute approximate surface area is 109 Å². The molecule has 1 aromatic carbocycles. The molecule has 0 aromatic heterocycles. The summed E-state index contributed by atoms with van der Waals surface area (Å²) in [5.41, 5.74) is 1.29. The Kier molecular flexibility index (Phi) is 4.61. The van der Waals surface area contributed by atoms with Crippen LogP contribution in [0.4, 0.5) is 0 Å². The van der Waals surface area contributed by atoms with Gasteiger partial charge in [0.15, 0.2) is 0 Å². The lowest BCUT2D eigenvalue weighted by Crippen LogP contribution is -2.29. The Morgan fingerprint density at radius 3 is 2.67 bits per heavy atom. The Hall–Kier alpha value is -1.06. The van der Waals surface area contributed by atoms with Crippen molar-refractivity contribution >= 4 is 0 Å². The molecular formula is C15H23NO2. The van der Waals surface area contributed by atoms with E-state index in [1.807, 2.05) is 12.1 Å². The molecule has 0 radical (unpaired) electrons. The maximum absolute atomic E-state index is 5.58. The number of ether oxygens (including phenoxy) is 2. The van der Waals surface area contributed by atoms with Crippen molar-refractivity contribution in [2.24, 2.45) is 5.92 Å². The molecule has 1 aliphatic heterocycles. The van der Waals surface area contributed by atoms with Gasteiger partial charge < -0.3 is 14.8 Å². The maximum atomic E-state index is 5.58. The maximum Gasteiger partial charge on any atom is 0.118 e. The molecule has 0 aliphatic carbocycles. The normalized spacial score (nSPS) is 25.1. The van der Waals surface area contributed by atoms with Crippen molar-refractivity contribution in [2.45, 2.75) is 32.4 Å². The molecule has 2 rings (SSSR count). The van der Waals surface area contributed by atoms with E-state index in [4.69, 9.17) is 9.47 Å². The smallest absolute Gasteiger partial charge is 0.118 e. The third-order valence-corrected chi connectivity index (χ3v) is 3.84. The van der Waals surface area contributed by atoms with Crippen LogP contribution in [0.25, 0.3) is 0 Å². The summed E-state index contributed by atoms with van der Waals surface area (Å²) in [6, 6.07) is 8.61. The number of rotatable bonds is 5. The van der Waals surface area contributed by atoms with Crippen LogP contribution in [0.5, 0.6) is 5.75 Å². The van der Waals surface area contributed by atoms with Crippen molar-refractivity contribution in [1.29, 1.82) is 0 Å². The van der Waals surface area contributed by atoms with Gasteiger partial charge in [0.2, 0.25) is 0 Å². The summed E-state index contributed by atoms with van der Waals surface area (Å²) >= 11 is 0. The van der Waals surface area contributed by atoms with Gasteiger partial charge >= 0.3 is 0 Å². The molecule has 18 heavy (non-hydrogen) atoms. The van der Waals surface area contributed by atoms with Crippen LogP contribution in [-0.4, -0.2) is 26.4 Å². The number of benzene rings is 1. The fraction of sp³-hybridized carbons (Fsp3) is 0.600. The van der Waals surface area contributed by atoms with Crippen LogP contribution >= 0.6 is 0 Å². The second kappa shape index (κ2) is 6.21. The summed E-state index contributed by atoms with van der Waals surface area (Å²) in [5.74, 6) is 1.55. The van der Waals surface area contributed by atoms with E-state index in [0.717, 1.165) is 18.9 Å². The van der Waals surface area contributed by atoms with Crippen LogP contribution in [-0.2, 0) is 4.74 Å². The fourth-order valence-electron chi connectivity index (χ4n) is 2.38. The SMILES string of the molecule is COc1ccc(C(C)NCC2CCOC2C)cc1. The Morgan fingerprint density at radius 2 is 2.11 bits per heavy atom. The molecule has 3 heteroatoms. The largest absolute Gasteiger partial charge is 0.497 e. The third kappa shape index (κ3) is 3.24. The lowest BCUT2D eigenvalue weighted by molar-refractivity contribution is 0.105. The Bertz CT molecular complexity index is 363. The fourth-order valence-corrected chi connectivity index (χ4v) is 2.38. The lowest BCUT2D eigenvalue weighted by Gasteiger charge is -2.19. The van der Waals surface area contributed by atoms with E-state index in [1.165, 1.54) is 12.0 Å². The Morgan fingerprint density at radius 1 is 1.39 bits per heavy atom. The first-order valence-corrected chi connectivity index (χ1v) is 6.69. The molecule has 1 aliphatic rings. The van der Waals surface area contributed by atoms with Crippen LogP contribution in [0.1, 0.15) is 31.9 Å². The molecule has 1 saturated heterocycles. The van der Waals surface area contributed by atoms with E-state index in [0.29, 0.717) is 18.1 Å². The molecule has 3 unspecified atom stereocenters. The molecule has 1 heterocycles. The summed E-state index contributed by atoms with van der Waals surface area (Å²) in [5, 5.41) is 3.59. The first-order valence-electron chi connectivity index (χ1n) is 6.69. The van der Waals surface area contributed by atoms with Crippen LogP contribution in [0.3, 0.4) is 0 Å². The zero-order valence-electron chi connectivity index (χ0n) is 11.5. The number of hydrogen-bond acceptors (Lipinski definition) is 3. The third-order valence-electron chi connectivity index (χ3n) is 3.84. The molecule has 0 saturated carbocycles. The van der Waals surface area contributed by atoms with Crippen LogP contribution in [0.15, 0.2) is 24.3 Å². The van der Waals surface area contributed by atoms with Gasteiger partial charge in [-0.05, 0) is 43.9 Å². The van der Waals surface area contributed by atoms with Gasteiger partial charge in [0.25, 0.3) is 0 Å². The summed E-state index contributed by atoms with van der Waals surface area (Å²) in [7, 11) is 1.69. The minimum absolute atomic E-state index is 0.365. The highest BCUT2D eigenvalue weighted by Crippen LogP contribution is 2.22. The molecule has 0 bridgehead atoms. The molecule has 3 atom stereocenters. The second-order valence-corrected chi connectivity index (χ2v) is 5.03. The van der Waals surface area contributed by atoms with Gasteiger partial charge in [-0.15, -0.1) is 0 Å². The predicted octanol–water partition coefficient (Wildman–Crippen LogP) is 2.77. The van der Waals surface area contributed by atoms with Crippen molar-refractivity contribution in [2.75, 3.05) is 20.3 Å². The Balaban J connectivity index is 1.84. The van der Waals surface area contributed by atoms with E-state index in [1.54, 1.807) is 7.11 Å². The lowest BCUT2D eigenvalue weighted by atomic mass is 10.0. The molecule has 3 nitrogen and oxygen atoms in total. The zero-order valence-corrected chi connectivity index (χ0v) is 11.5. The van der Waals surface area contributed by atoms with Crippen molar-refractivity contribution < 1.29 is 9.47 Å². The average molecular weight is 249 g/mol. The first kappa shape index (κ1) is 13.4. The van der Waals surface area contributed by atoms with Gasteiger partial charge in [-0.25, -0.2) is 0 Å². The van der Waals surface area contributed by atoms with Gasteiger partial charge in [-0.3, -0.25) is 0 Å². The minimum atomic E-state index is 0.365. The summed E-state index contributed by atoms with van der Waals surface area (Å²) in [4.78, 5) is 0. The number of nitrogens with one attached hydrogen (secondary N) is 1. The highest BCUT2D eigenvalue weighted by atomic mass is 16.5. The van der Waals surface area contributed by atoms with Crippen molar-refractivity contribution in [3.05, 3.63) is 29.8 Å². The van der Waals surface area contributed by atoms with Crippen LogP contribution in [0, 0.1) is 5.92 Å². The summed E-state index contributed by atoms with van der Waals surface area (Å²) in [6.45, 7) is 6.29. The van der Waals surface area contributed by atoms with Gasteiger partial charge in [-0.1, -0.05) is 12.1 Å². The predicted molar refractivity (Wildman–Crippen MR) is 72.9 cm³/mol. The molecule has 1 fully saturated rings.